The summed E-state index contributed by atoms with van der Waals surface area (Å²) in [5.41, 5.74) is 11.5. The van der Waals surface area contributed by atoms with Crippen LogP contribution < -0.4 is 11.1 Å². The predicted octanol–water partition coefficient (Wildman–Crippen LogP) is 4.47. The van der Waals surface area contributed by atoms with Gasteiger partial charge in [0.2, 0.25) is 0 Å². The van der Waals surface area contributed by atoms with Crippen molar-refractivity contribution in [2.75, 3.05) is 0 Å². The third-order valence-electron chi connectivity index (χ3n) is 4.58. The van der Waals surface area contributed by atoms with Crippen molar-refractivity contribution in [1.82, 2.24) is 5.32 Å². The molecular weight excluding hydrogens is 320 g/mol. The first-order valence-electron chi connectivity index (χ1n) is 8.79. The molecular formula is C23H24N2O. The Morgan fingerprint density at radius 1 is 0.769 bits per heavy atom. The molecule has 1 amide bonds. The van der Waals surface area contributed by atoms with E-state index in [-0.39, 0.29) is 18.0 Å². The molecule has 3 heteroatoms. The highest BCUT2D eigenvalue weighted by Gasteiger charge is 2.24. The van der Waals surface area contributed by atoms with Crippen molar-refractivity contribution in [3.8, 4) is 0 Å². The van der Waals surface area contributed by atoms with Crippen LogP contribution in [0, 0.1) is 13.8 Å². The monoisotopic (exact) mass is 344 g/mol. The van der Waals surface area contributed by atoms with Crippen molar-refractivity contribution in [3.63, 3.8) is 0 Å². The van der Waals surface area contributed by atoms with Crippen LogP contribution in [0.4, 0.5) is 0 Å². The van der Waals surface area contributed by atoms with E-state index >= 15 is 0 Å². The van der Waals surface area contributed by atoms with E-state index in [9.17, 15) is 4.79 Å². The molecule has 3 rings (SSSR count). The fourth-order valence-electron chi connectivity index (χ4n) is 2.95. The molecule has 3 nitrogen and oxygen atoms in total. The fraction of sp³-hybridized carbons (Fsp3) is 0.174. The van der Waals surface area contributed by atoms with E-state index in [1.165, 1.54) is 11.1 Å². The minimum atomic E-state index is -0.342. The molecule has 0 fully saturated rings. The number of rotatable bonds is 5. The van der Waals surface area contributed by atoms with Crippen LogP contribution in [0.3, 0.4) is 0 Å². The highest BCUT2D eigenvalue weighted by atomic mass is 16.1. The third-order valence-corrected chi connectivity index (χ3v) is 4.58. The van der Waals surface area contributed by atoms with Gasteiger partial charge in [0.15, 0.2) is 0 Å². The Morgan fingerprint density at radius 3 is 1.81 bits per heavy atom. The van der Waals surface area contributed by atoms with Gasteiger partial charge in [0, 0.05) is 5.56 Å². The summed E-state index contributed by atoms with van der Waals surface area (Å²) in [6.45, 7) is 4.09. The largest absolute Gasteiger partial charge is 0.343 e. The van der Waals surface area contributed by atoms with E-state index in [1.54, 1.807) is 12.1 Å². The third kappa shape index (κ3) is 4.19. The molecule has 0 unspecified atom stereocenters. The molecule has 3 aromatic carbocycles. The van der Waals surface area contributed by atoms with Gasteiger partial charge < -0.3 is 11.1 Å². The summed E-state index contributed by atoms with van der Waals surface area (Å²) in [4.78, 5) is 12.7. The van der Waals surface area contributed by atoms with Crippen molar-refractivity contribution < 1.29 is 4.79 Å². The number of aryl methyl sites for hydroxylation is 2. The summed E-state index contributed by atoms with van der Waals surface area (Å²) in [6.07, 6.45) is 0. The van der Waals surface area contributed by atoms with Gasteiger partial charge in [-0.05, 0) is 37.1 Å². The normalized spacial score (nSPS) is 13.0. The van der Waals surface area contributed by atoms with E-state index in [2.05, 4.69) is 5.32 Å². The van der Waals surface area contributed by atoms with Crippen LogP contribution in [0.2, 0.25) is 0 Å². The number of benzene rings is 3. The summed E-state index contributed by atoms with van der Waals surface area (Å²) >= 11 is 0. The van der Waals surface area contributed by atoms with Crippen molar-refractivity contribution in [2.45, 2.75) is 25.9 Å². The van der Waals surface area contributed by atoms with Gasteiger partial charge in [-0.25, -0.2) is 0 Å². The van der Waals surface area contributed by atoms with Crippen LogP contribution in [0.1, 0.15) is 44.7 Å². The second-order valence-corrected chi connectivity index (χ2v) is 6.66. The molecule has 3 aromatic rings. The quantitative estimate of drug-likeness (QED) is 0.717. The molecule has 0 heterocycles. The Bertz CT molecular complexity index is 855. The van der Waals surface area contributed by atoms with E-state index < -0.39 is 0 Å². The van der Waals surface area contributed by atoms with Gasteiger partial charge >= 0.3 is 0 Å². The van der Waals surface area contributed by atoms with Crippen molar-refractivity contribution in [3.05, 3.63) is 107 Å². The predicted molar refractivity (Wildman–Crippen MR) is 106 cm³/mol. The highest BCUT2D eigenvalue weighted by Crippen LogP contribution is 2.28. The number of nitrogens with two attached hydrogens (primary N) is 1. The van der Waals surface area contributed by atoms with Gasteiger partial charge in [-0.15, -0.1) is 0 Å². The molecule has 0 saturated heterocycles. The van der Waals surface area contributed by atoms with Crippen LogP contribution in [0.15, 0.2) is 78.9 Å². The maximum atomic E-state index is 12.7. The van der Waals surface area contributed by atoms with Crippen LogP contribution in [0.25, 0.3) is 0 Å². The van der Waals surface area contributed by atoms with E-state index in [0.29, 0.717) is 5.56 Å². The maximum absolute atomic E-state index is 12.7. The van der Waals surface area contributed by atoms with Gasteiger partial charge in [-0.1, -0.05) is 77.9 Å². The SMILES string of the molecule is Cc1ccc([C@@H](N)[C@@H](NC(=O)c2ccccc2)c2ccc(C)cc2)cc1. The molecule has 0 aliphatic heterocycles. The van der Waals surface area contributed by atoms with Crippen molar-refractivity contribution in [2.24, 2.45) is 5.73 Å². The molecule has 0 aliphatic rings. The average Bonchev–Trinajstić information content (AvgIpc) is 2.67. The lowest BCUT2D eigenvalue weighted by Gasteiger charge is -2.26. The number of carbonyl (C=O) groups is 1. The molecule has 0 bridgehead atoms. The van der Waals surface area contributed by atoms with Crippen LogP contribution in [-0.2, 0) is 0 Å². The van der Waals surface area contributed by atoms with Crippen LogP contribution in [-0.4, -0.2) is 5.91 Å². The van der Waals surface area contributed by atoms with Gasteiger partial charge in [-0.3, -0.25) is 4.79 Å². The Kier molecular flexibility index (Phi) is 5.49. The number of amides is 1. The minimum Gasteiger partial charge on any atom is -0.343 e. The second-order valence-electron chi connectivity index (χ2n) is 6.66. The van der Waals surface area contributed by atoms with Crippen LogP contribution in [0.5, 0.6) is 0 Å². The molecule has 0 spiro atoms. The molecule has 0 aromatic heterocycles. The van der Waals surface area contributed by atoms with Gasteiger partial charge in [0.1, 0.15) is 0 Å². The molecule has 26 heavy (non-hydrogen) atoms. The standard InChI is InChI=1S/C23H24N2O/c1-16-8-12-18(13-9-16)21(24)22(19-14-10-17(2)11-15-19)25-23(26)20-6-4-3-5-7-20/h3-15,21-22H,24H2,1-2H3,(H,25,26)/t21-,22+/m1/s1. The zero-order chi connectivity index (χ0) is 18.5. The molecule has 2 atom stereocenters. The summed E-state index contributed by atoms with van der Waals surface area (Å²) < 4.78 is 0. The second kappa shape index (κ2) is 7.98. The summed E-state index contributed by atoms with van der Waals surface area (Å²) in [7, 11) is 0. The Morgan fingerprint density at radius 2 is 1.27 bits per heavy atom. The number of nitrogens with one attached hydrogen (secondary N) is 1. The van der Waals surface area contributed by atoms with Gasteiger partial charge in [0.25, 0.3) is 5.91 Å². The molecule has 132 valence electrons. The number of hydrogen-bond donors (Lipinski definition) is 2. The summed E-state index contributed by atoms with van der Waals surface area (Å²) in [6, 6.07) is 24.8. The first-order valence-corrected chi connectivity index (χ1v) is 8.79. The minimum absolute atomic E-state index is 0.126. The average molecular weight is 344 g/mol. The number of carbonyl (C=O) groups excluding carboxylic acids is 1. The van der Waals surface area contributed by atoms with Gasteiger partial charge in [0.05, 0.1) is 12.1 Å². The maximum Gasteiger partial charge on any atom is 0.251 e. The lowest BCUT2D eigenvalue weighted by Crippen LogP contribution is -2.36. The van der Waals surface area contributed by atoms with Crippen molar-refractivity contribution in [1.29, 1.82) is 0 Å². The van der Waals surface area contributed by atoms with E-state index in [1.807, 2.05) is 80.6 Å². The van der Waals surface area contributed by atoms with E-state index in [4.69, 9.17) is 5.73 Å². The van der Waals surface area contributed by atoms with Crippen LogP contribution >= 0.6 is 0 Å². The smallest absolute Gasteiger partial charge is 0.251 e. The fourth-order valence-corrected chi connectivity index (χ4v) is 2.95. The summed E-state index contributed by atoms with van der Waals surface area (Å²) in [5, 5.41) is 3.12. The summed E-state index contributed by atoms with van der Waals surface area (Å²) in [5.74, 6) is -0.126. The zero-order valence-electron chi connectivity index (χ0n) is 15.1. The zero-order valence-corrected chi connectivity index (χ0v) is 15.1. The Hall–Kier alpha value is -2.91. The topological polar surface area (TPSA) is 55.1 Å². The lowest BCUT2D eigenvalue weighted by atomic mass is 9.92. The Balaban J connectivity index is 1.92. The lowest BCUT2D eigenvalue weighted by molar-refractivity contribution is 0.0930. The van der Waals surface area contributed by atoms with Gasteiger partial charge in [-0.2, -0.15) is 0 Å². The van der Waals surface area contributed by atoms with E-state index in [0.717, 1.165) is 11.1 Å². The first kappa shape index (κ1) is 17.9. The molecule has 0 saturated carbocycles. The van der Waals surface area contributed by atoms with Crippen molar-refractivity contribution >= 4 is 5.91 Å². The molecule has 0 radical (unpaired) electrons. The number of hydrogen-bond acceptors (Lipinski definition) is 2. The molecule has 0 aliphatic carbocycles. The Labute approximate surface area is 154 Å². The highest BCUT2D eigenvalue weighted by molar-refractivity contribution is 5.94. The first-order chi connectivity index (χ1) is 12.5. The molecule has 3 N–H and O–H groups in total.